The summed E-state index contributed by atoms with van der Waals surface area (Å²) >= 11 is 0. The van der Waals surface area contributed by atoms with Gasteiger partial charge in [0.05, 0.1) is 26.5 Å². The first-order valence-electron chi connectivity index (χ1n) is 8.02. The lowest BCUT2D eigenvalue weighted by Gasteiger charge is -2.15. The van der Waals surface area contributed by atoms with Crippen LogP contribution in [0.3, 0.4) is 0 Å². The van der Waals surface area contributed by atoms with Crippen molar-refractivity contribution in [1.29, 1.82) is 0 Å². The number of anilines is 1. The number of rotatable bonds is 7. The van der Waals surface area contributed by atoms with Crippen molar-refractivity contribution in [3.63, 3.8) is 0 Å². The summed E-state index contributed by atoms with van der Waals surface area (Å²) in [7, 11) is 5.21. The summed E-state index contributed by atoms with van der Waals surface area (Å²) < 4.78 is 16.4. The van der Waals surface area contributed by atoms with Crippen molar-refractivity contribution in [3.8, 4) is 17.2 Å². The molecular formula is C20H25NO3. The molecule has 0 atom stereocenters. The first-order valence-corrected chi connectivity index (χ1v) is 8.02. The molecule has 0 amide bonds. The maximum atomic E-state index is 5.70. The van der Waals surface area contributed by atoms with Crippen LogP contribution in [0.5, 0.6) is 17.2 Å². The Labute approximate surface area is 144 Å². The van der Waals surface area contributed by atoms with E-state index in [1.165, 1.54) is 0 Å². The Morgan fingerprint density at radius 3 is 2.12 bits per heavy atom. The van der Waals surface area contributed by atoms with Gasteiger partial charge in [0.15, 0.2) is 11.5 Å². The number of allylic oxidation sites excluding steroid dienone is 1. The largest absolute Gasteiger partial charge is 0.495 e. The minimum absolute atomic E-state index is 0.595. The molecule has 2 aromatic carbocycles. The van der Waals surface area contributed by atoms with Crippen molar-refractivity contribution in [2.24, 2.45) is 0 Å². The Bertz CT molecular complexity index is 723. The first-order chi connectivity index (χ1) is 11.7. The molecule has 0 spiro atoms. The molecule has 4 nitrogen and oxygen atoms in total. The molecule has 1 N–H and O–H groups in total. The second kappa shape index (κ2) is 8.29. The van der Waals surface area contributed by atoms with Gasteiger partial charge in [-0.15, -0.1) is 0 Å². The molecule has 0 fully saturated rings. The Balaban J connectivity index is 2.47. The smallest absolute Gasteiger partial charge is 0.161 e. The van der Waals surface area contributed by atoms with Crippen LogP contribution in [0, 0.1) is 0 Å². The van der Waals surface area contributed by atoms with Crippen LogP contribution in [-0.2, 0) is 0 Å². The van der Waals surface area contributed by atoms with Crippen molar-refractivity contribution in [1.82, 2.24) is 0 Å². The molecule has 0 saturated heterocycles. The molecule has 2 rings (SSSR count). The van der Waals surface area contributed by atoms with Crippen LogP contribution >= 0.6 is 0 Å². The molecule has 0 aliphatic heterocycles. The average Bonchev–Trinajstić information content (AvgIpc) is 2.62. The standard InChI is InChI=1S/C20H25NO3/c1-6-16(14-8-10-18(22-4)17(12-14)21-3)15-9-11-19(23-5)20(13-15)24-7-2/h6,8-13,21H,7H2,1-5H3/b16-6+. The highest BCUT2D eigenvalue weighted by Crippen LogP contribution is 2.35. The first kappa shape index (κ1) is 17.7. The highest BCUT2D eigenvalue weighted by molar-refractivity contribution is 5.83. The molecule has 128 valence electrons. The van der Waals surface area contributed by atoms with E-state index in [4.69, 9.17) is 14.2 Å². The van der Waals surface area contributed by atoms with Crippen LogP contribution in [0.15, 0.2) is 42.5 Å². The van der Waals surface area contributed by atoms with Crippen molar-refractivity contribution in [3.05, 3.63) is 53.6 Å². The van der Waals surface area contributed by atoms with E-state index in [1.54, 1.807) is 14.2 Å². The van der Waals surface area contributed by atoms with E-state index in [0.717, 1.165) is 39.6 Å². The molecule has 24 heavy (non-hydrogen) atoms. The topological polar surface area (TPSA) is 39.7 Å². The van der Waals surface area contributed by atoms with Gasteiger partial charge in [0.25, 0.3) is 0 Å². The molecule has 0 radical (unpaired) electrons. The molecule has 4 heteroatoms. The number of ether oxygens (including phenoxy) is 3. The lowest BCUT2D eigenvalue weighted by molar-refractivity contribution is 0.311. The summed E-state index contributed by atoms with van der Waals surface area (Å²) in [5.74, 6) is 2.31. The Morgan fingerprint density at radius 2 is 1.58 bits per heavy atom. The third-order valence-corrected chi connectivity index (χ3v) is 3.84. The van der Waals surface area contributed by atoms with Gasteiger partial charge in [0.2, 0.25) is 0 Å². The average molecular weight is 327 g/mol. The minimum atomic E-state index is 0.595. The third-order valence-electron chi connectivity index (χ3n) is 3.84. The Morgan fingerprint density at radius 1 is 0.958 bits per heavy atom. The van der Waals surface area contributed by atoms with Gasteiger partial charge in [-0.1, -0.05) is 18.2 Å². The molecule has 2 aromatic rings. The lowest BCUT2D eigenvalue weighted by Crippen LogP contribution is -1.98. The zero-order valence-electron chi connectivity index (χ0n) is 15.0. The van der Waals surface area contributed by atoms with Crippen LogP contribution in [0.4, 0.5) is 5.69 Å². The summed E-state index contributed by atoms with van der Waals surface area (Å²) in [4.78, 5) is 0. The lowest BCUT2D eigenvalue weighted by atomic mass is 9.96. The van der Waals surface area contributed by atoms with Gasteiger partial charge >= 0.3 is 0 Å². The maximum absolute atomic E-state index is 5.70. The highest BCUT2D eigenvalue weighted by atomic mass is 16.5. The van der Waals surface area contributed by atoms with Gasteiger partial charge in [0.1, 0.15) is 5.75 Å². The normalized spacial score (nSPS) is 11.1. The van der Waals surface area contributed by atoms with Gasteiger partial charge in [-0.3, -0.25) is 0 Å². The fraction of sp³-hybridized carbons (Fsp3) is 0.300. The predicted octanol–water partition coefficient (Wildman–Crippen LogP) is 4.60. The van der Waals surface area contributed by atoms with Gasteiger partial charge in [-0.05, 0) is 54.8 Å². The Kier molecular flexibility index (Phi) is 6.13. The van der Waals surface area contributed by atoms with E-state index >= 15 is 0 Å². The van der Waals surface area contributed by atoms with Gasteiger partial charge in [-0.25, -0.2) is 0 Å². The minimum Gasteiger partial charge on any atom is -0.495 e. The fourth-order valence-electron chi connectivity index (χ4n) is 2.68. The zero-order chi connectivity index (χ0) is 17.5. The summed E-state index contributed by atoms with van der Waals surface area (Å²) in [5.41, 5.74) is 4.26. The SMILES string of the molecule is C/C=C(\c1ccc(OC)c(NC)c1)c1ccc(OC)c(OCC)c1. The summed E-state index contributed by atoms with van der Waals surface area (Å²) in [6.45, 7) is 4.59. The molecule has 0 heterocycles. The molecule has 0 bridgehead atoms. The van der Waals surface area contributed by atoms with Gasteiger partial charge < -0.3 is 19.5 Å². The predicted molar refractivity (Wildman–Crippen MR) is 99.5 cm³/mol. The second-order valence-electron chi connectivity index (χ2n) is 5.17. The monoisotopic (exact) mass is 327 g/mol. The maximum Gasteiger partial charge on any atom is 0.161 e. The number of nitrogens with one attached hydrogen (secondary N) is 1. The van der Waals surface area contributed by atoms with Gasteiger partial charge in [-0.2, -0.15) is 0 Å². The Hall–Kier alpha value is -2.62. The number of methoxy groups -OCH3 is 2. The summed E-state index contributed by atoms with van der Waals surface area (Å²) in [5, 5.41) is 3.17. The second-order valence-corrected chi connectivity index (χ2v) is 5.17. The van der Waals surface area contributed by atoms with Crippen LogP contribution in [-0.4, -0.2) is 27.9 Å². The van der Waals surface area contributed by atoms with Crippen molar-refractivity contribution in [2.75, 3.05) is 33.2 Å². The van der Waals surface area contributed by atoms with E-state index < -0.39 is 0 Å². The van der Waals surface area contributed by atoms with E-state index in [-0.39, 0.29) is 0 Å². The molecule has 0 aliphatic carbocycles. The van der Waals surface area contributed by atoms with E-state index in [1.807, 2.05) is 45.2 Å². The number of benzene rings is 2. The van der Waals surface area contributed by atoms with Crippen LogP contribution < -0.4 is 19.5 Å². The van der Waals surface area contributed by atoms with Crippen molar-refractivity contribution in [2.45, 2.75) is 13.8 Å². The van der Waals surface area contributed by atoms with E-state index in [2.05, 4.69) is 23.5 Å². The molecule has 0 aromatic heterocycles. The molecular weight excluding hydrogens is 302 g/mol. The van der Waals surface area contributed by atoms with Crippen molar-refractivity contribution < 1.29 is 14.2 Å². The molecule has 0 unspecified atom stereocenters. The zero-order valence-corrected chi connectivity index (χ0v) is 15.0. The number of hydrogen-bond donors (Lipinski definition) is 1. The quantitative estimate of drug-likeness (QED) is 0.807. The van der Waals surface area contributed by atoms with Crippen LogP contribution in [0.25, 0.3) is 5.57 Å². The van der Waals surface area contributed by atoms with E-state index in [9.17, 15) is 0 Å². The van der Waals surface area contributed by atoms with E-state index in [0.29, 0.717) is 6.61 Å². The van der Waals surface area contributed by atoms with Gasteiger partial charge in [0, 0.05) is 7.05 Å². The molecule has 0 aliphatic rings. The molecule has 0 saturated carbocycles. The van der Waals surface area contributed by atoms with Crippen LogP contribution in [0.2, 0.25) is 0 Å². The summed E-state index contributed by atoms with van der Waals surface area (Å²) in [6, 6.07) is 12.1. The summed E-state index contributed by atoms with van der Waals surface area (Å²) in [6.07, 6.45) is 2.10. The van der Waals surface area contributed by atoms with Crippen LogP contribution in [0.1, 0.15) is 25.0 Å². The number of hydrogen-bond acceptors (Lipinski definition) is 4. The fourth-order valence-corrected chi connectivity index (χ4v) is 2.68. The van der Waals surface area contributed by atoms with Crippen molar-refractivity contribution >= 4 is 11.3 Å². The third kappa shape index (κ3) is 3.65. The highest BCUT2D eigenvalue weighted by Gasteiger charge is 2.11.